The van der Waals surface area contributed by atoms with Crippen LogP contribution in [-0.2, 0) is 4.79 Å². The molecular formula is C14H17ClN2O. The van der Waals surface area contributed by atoms with E-state index in [-0.39, 0.29) is 24.5 Å². The number of benzene rings is 1. The summed E-state index contributed by atoms with van der Waals surface area (Å²) in [5, 5.41) is 6.52. The van der Waals surface area contributed by atoms with Crippen molar-refractivity contribution >= 4 is 17.5 Å². The maximum absolute atomic E-state index is 11.6. The predicted octanol–water partition coefficient (Wildman–Crippen LogP) is 2.13. The molecule has 0 spiro atoms. The molecule has 0 bridgehead atoms. The highest BCUT2D eigenvalue weighted by atomic mass is 35.5. The monoisotopic (exact) mass is 264 g/mol. The van der Waals surface area contributed by atoms with Crippen LogP contribution >= 0.6 is 11.6 Å². The van der Waals surface area contributed by atoms with Crippen molar-refractivity contribution in [2.45, 2.75) is 25.9 Å². The fourth-order valence-corrected chi connectivity index (χ4v) is 1.81. The van der Waals surface area contributed by atoms with Crippen LogP contribution in [0.5, 0.6) is 0 Å². The molecule has 0 saturated heterocycles. The van der Waals surface area contributed by atoms with Crippen molar-refractivity contribution in [1.82, 2.24) is 10.6 Å². The summed E-state index contributed by atoms with van der Waals surface area (Å²) >= 11 is 5.93. The summed E-state index contributed by atoms with van der Waals surface area (Å²) in [6.45, 7) is 4.03. The summed E-state index contributed by atoms with van der Waals surface area (Å²) < 4.78 is 0. The van der Waals surface area contributed by atoms with Gasteiger partial charge < -0.3 is 5.32 Å². The Morgan fingerprint density at radius 1 is 1.50 bits per heavy atom. The minimum Gasteiger partial charge on any atom is -0.344 e. The molecule has 1 amide bonds. The van der Waals surface area contributed by atoms with E-state index in [1.165, 1.54) is 0 Å². The molecule has 3 nitrogen and oxygen atoms in total. The van der Waals surface area contributed by atoms with E-state index >= 15 is 0 Å². The minimum atomic E-state index is -0.313. The van der Waals surface area contributed by atoms with Crippen LogP contribution in [0, 0.1) is 12.3 Å². The van der Waals surface area contributed by atoms with Gasteiger partial charge in [0.2, 0.25) is 5.91 Å². The third-order valence-electron chi connectivity index (χ3n) is 2.61. The average Bonchev–Trinajstić information content (AvgIpc) is 2.35. The highest BCUT2D eigenvalue weighted by Gasteiger charge is 2.15. The van der Waals surface area contributed by atoms with Gasteiger partial charge in [0.05, 0.1) is 12.6 Å². The van der Waals surface area contributed by atoms with Gasteiger partial charge in [-0.05, 0) is 31.5 Å². The summed E-state index contributed by atoms with van der Waals surface area (Å²) in [5.74, 6) is 2.26. The number of hydrogen-bond donors (Lipinski definition) is 2. The third kappa shape index (κ3) is 4.40. The smallest absolute Gasteiger partial charge is 0.237 e. The summed E-state index contributed by atoms with van der Waals surface area (Å²) in [4.78, 5) is 11.6. The predicted molar refractivity (Wildman–Crippen MR) is 74.3 cm³/mol. The molecule has 2 N–H and O–H groups in total. The summed E-state index contributed by atoms with van der Waals surface area (Å²) in [5.41, 5.74) is 1.04. The van der Waals surface area contributed by atoms with Gasteiger partial charge in [0.25, 0.3) is 0 Å². The van der Waals surface area contributed by atoms with Gasteiger partial charge in [0, 0.05) is 11.1 Å². The van der Waals surface area contributed by atoms with Gasteiger partial charge in [0.15, 0.2) is 0 Å². The number of carbonyl (C=O) groups excluding carboxylic acids is 1. The normalized spacial score (nSPS) is 13.4. The van der Waals surface area contributed by atoms with E-state index in [9.17, 15) is 4.79 Å². The van der Waals surface area contributed by atoms with Crippen LogP contribution in [0.3, 0.4) is 0 Å². The van der Waals surface area contributed by atoms with Gasteiger partial charge in [-0.15, -0.1) is 6.42 Å². The fourth-order valence-electron chi connectivity index (χ4n) is 1.61. The quantitative estimate of drug-likeness (QED) is 0.800. The maximum Gasteiger partial charge on any atom is 0.237 e. The Morgan fingerprint density at radius 2 is 2.22 bits per heavy atom. The first-order valence-corrected chi connectivity index (χ1v) is 6.15. The fraction of sp³-hybridized carbons (Fsp3) is 0.357. The molecule has 0 aliphatic carbocycles. The highest BCUT2D eigenvalue weighted by Crippen LogP contribution is 2.17. The van der Waals surface area contributed by atoms with Crippen molar-refractivity contribution in [1.29, 1.82) is 0 Å². The second-order valence-corrected chi connectivity index (χ2v) is 4.52. The van der Waals surface area contributed by atoms with Gasteiger partial charge >= 0.3 is 0 Å². The summed E-state index contributed by atoms with van der Waals surface area (Å²) in [6, 6.07) is 7.28. The molecule has 1 unspecified atom stereocenters. The topological polar surface area (TPSA) is 41.1 Å². The Labute approximate surface area is 113 Å². The first-order chi connectivity index (χ1) is 8.54. The van der Waals surface area contributed by atoms with Crippen molar-refractivity contribution in [3.05, 3.63) is 34.9 Å². The molecule has 0 heterocycles. The third-order valence-corrected chi connectivity index (χ3v) is 2.84. The Balaban J connectivity index is 2.57. The Bertz CT molecular complexity index is 453. The van der Waals surface area contributed by atoms with Crippen LogP contribution in [0.2, 0.25) is 5.02 Å². The van der Waals surface area contributed by atoms with Crippen LogP contribution in [0.25, 0.3) is 0 Å². The van der Waals surface area contributed by atoms with E-state index in [2.05, 4.69) is 16.6 Å². The van der Waals surface area contributed by atoms with Gasteiger partial charge in [0.1, 0.15) is 0 Å². The molecule has 0 fully saturated rings. The molecule has 96 valence electrons. The van der Waals surface area contributed by atoms with Crippen molar-refractivity contribution < 1.29 is 4.79 Å². The SMILES string of the molecule is C#CCNC(=O)C(C)N[C@@H](C)c1cccc(Cl)c1. The van der Waals surface area contributed by atoms with Crippen molar-refractivity contribution in [3.8, 4) is 12.3 Å². The standard InChI is InChI=1S/C14H17ClN2O/c1-4-8-16-14(18)11(3)17-10(2)12-6-5-7-13(15)9-12/h1,5-7,9-11,17H,8H2,2-3H3,(H,16,18)/t10-,11?/m0/s1. The first-order valence-electron chi connectivity index (χ1n) is 5.77. The lowest BCUT2D eigenvalue weighted by Gasteiger charge is -2.19. The number of halogens is 1. The largest absolute Gasteiger partial charge is 0.344 e. The zero-order chi connectivity index (χ0) is 13.5. The van der Waals surface area contributed by atoms with Crippen LogP contribution < -0.4 is 10.6 Å². The van der Waals surface area contributed by atoms with Gasteiger partial charge in [-0.3, -0.25) is 10.1 Å². The number of hydrogen-bond acceptors (Lipinski definition) is 2. The van der Waals surface area contributed by atoms with Gasteiger partial charge in [-0.2, -0.15) is 0 Å². The molecule has 2 atom stereocenters. The van der Waals surface area contributed by atoms with E-state index in [0.29, 0.717) is 5.02 Å². The van der Waals surface area contributed by atoms with Gasteiger partial charge in [-0.1, -0.05) is 29.7 Å². The maximum atomic E-state index is 11.6. The first kappa shape index (κ1) is 14.6. The van der Waals surface area contributed by atoms with Crippen LogP contribution in [-0.4, -0.2) is 18.5 Å². The zero-order valence-electron chi connectivity index (χ0n) is 10.5. The molecule has 0 aromatic heterocycles. The molecule has 0 aliphatic rings. The Kier molecular flexibility index (Phi) is 5.70. The van der Waals surface area contributed by atoms with Crippen molar-refractivity contribution in [2.24, 2.45) is 0 Å². The number of terminal acetylenes is 1. The molecule has 1 rings (SSSR count). The van der Waals surface area contributed by atoms with Crippen molar-refractivity contribution in [2.75, 3.05) is 6.54 Å². The van der Waals surface area contributed by atoms with E-state index in [4.69, 9.17) is 18.0 Å². The highest BCUT2D eigenvalue weighted by molar-refractivity contribution is 6.30. The van der Waals surface area contributed by atoms with Crippen LogP contribution in [0.1, 0.15) is 25.5 Å². The number of amides is 1. The molecular weight excluding hydrogens is 248 g/mol. The average molecular weight is 265 g/mol. The molecule has 0 saturated carbocycles. The minimum absolute atomic E-state index is 0.0373. The van der Waals surface area contributed by atoms with E-state index < -0.39 is 0 Å². The second kappa shape index (κ2) is 7.05. The zero-order valence-corrected chi connectivity index (χ0v) is 11.3. The van der Waals surface area contributed by atoms with E-state index in [1.807, 2.05) is 31.2 Å². The lowest BCUT2D eigenvalue weighted by atomic mass is 10.1. The summed E-state index contributed by atoms with van der Waals surface area (Å²) in [7, 11) is 0. The Morgan fingerprint density at radius 3 is 2.83 bits per heavy atom. The lowest BCUT2D eigenvalue weighted by molar-refractivity contribution is -0.122. The second-order valence-electron chi connectivity index (χ2n) is 4.09. The lowest BCUT2D eigenvalue weighted by Crippen LogP contribution is -2.43. The number of carbonyl (C=O) groups is 1. The molecule has 18 heavy (non-hydrogen) atoms. The number of nitrogens with one attached hydrogen (secondary N) is 2. The molecule has 0 aliphatic heterocycles. The van der Waals surface area contributed by atoms with E-state index in [0.717, 1.165) is 5.56 Å². The molecule has 4 heteroatoms. The van der Waals surface area contributed by atoms with E-state index in [1.54, 1.807) is 6.92 Å². The van der Waals surface area contributed by atoms with Crippen LogP contribution in [0.4, 0.5) is 0 Å². The van der Waals surface area contributed by atoms with Crippen LogP contribution in [0.15, 0.2) is 24.3 Å². The number of rotatable bonds is 5. The molecule has 1 aromatic carbocycles. The summed E-state index contributed by atoms with van der Waals surface area (Å²) in [6.07, 6.45) is 5.09. The molecule has 0 radical (unpaired) electrons. The van der Waals surface area contributed by atoms with Gasteiger partial charge in [-0.25, -0.2) is 0 Å². The van der Waals surface area contributed by atoms with Crippen molar-refractivity contribution in [3.63, 3.8) is 0 Å². The molecule has 1 aromatic rings. The Hall–Kier alpha value is -1.50.